The Morgan fingerprint density at radius 2 is 1.48 bits per heavy atom. The lowest BCUT2D eigenvalue weighted by atomic mass is 10.2. The lowest BCUT2D eigenvalue weighted by molar-refractivity contribution is 0.0981. The van der Waals surface area contributed by atoms with Gasteiger partial charge in [-0.1, -0.05) is 24.3 Å². The smallest absolute Gasteiger partial charge is 0.264 e. The van der Waals surface area contributed by atoms with Gasteiger partial charge in [0.05, 0.1) is 4.90 Å². The molecule has 0 bridgehead atoms. The van der Waals surface area contributed by atoms with E-state index in [1.807, 2.05) is 4.72 Å². The van der Waals surface area contributed by atoms with Gasteiger partial charge < -0.3 is 10.6 Å². The van der Waals surface area contributed by atoms with Crippen LogP contribution in [0.15, 0.2) is 83.8 Å². The number of thiocarbonyl (C=S) groups is 1. The van der Waals surface area contributed by atoms with Gasteiger partial charge in [-0.3, -0.25) is 4.79 Å². The number of halogens is 1. The summed E-state index contributed by atoms with van der Waals surface area (Å²) in [5, 5.41) is 5.91. The quantitative estimate of drug-likeness (QED) is 0.536. The normalized spacial score (nSPS) is 10.8. The summed E-state index contributed by atoms with van der Waals surface area (Å²) >= 11 is 5.16. The summed E-state index contributed by atoms with van der Waals surface area (Å²) in [4.78, 5) is 12.0. The number of anilines is 2. The molecule has 0 saturated heterocycles. The van der Waals surface area contributed by atoms with Crippen LogP contribution in [0.3, 0.4) is 0 Å². The first kappa shape index (κ1) is 20.4. The number of hydrogen-bond donors (Lipinski definition) is 3. The Balaban J connectivity index is 1.64. The fourth-order valence-corrected chi connectivity index (χ4v) is 3.62. The van der Waals surface area contributed by atoms with Crippen molar-refractivity contribution in [3.63, 3.8) is 0 Å². The van der Waals surface area contributed by atoms with Crippen LogP contribution in [0.25, 0.3) is 0 Å². The van der Waals surface area contributed by atoms with E-state index < -0.39 is 21.7 Å². The van der Waals surface area contributed by atoms with Crippen molar-refractivity contribution in [2.24, 2.45) is 0 Å². The van der Waals surface area contributed by atoms with Gasteiger partial charge in [0.1, 0.15) is 5.82 Å². The number of benzene rings is 3. The highest BCUT2D eigenvalue weighted by atomic mass is 32.2. The van der Waals surface area contributed by atoms with E-state index in [1.165, 1.54) is 48.5 Å². The van der Waals surface area contributed by atoms with Gasteiger partial charge in [0.25, 0.3) is 15.9 Å². The minimum Gasteiger partial charge on any atom is -0.332 e. The van der Waals surface area contributed by atoms with Gasteiger partial charge in [-0.25, -0.2) is 17.5 Å². The fourth-order valence-electron chi connectivity index (χ4n) is 2.41. The van der Waals surface area contributed by atoms with Crippen molar-refractivity contribution in [2.75, 3.05) is 10.6 Å². The second-order valence-corrected chi connectivity index (χ2v) is 8.01. The van der Waals surface area contributed by atoms with Crippen LogP contribution < -0.4 is 15.4 Å². The van der Waals surface area contributed by atoms with Crippen LogP contribution >= 0.6 is 12.2 Å². The summed E-state index contributed by atoms with van der Waals surface area (Å²) in [7, 11) is -4.02. The maximum Gasteiger partial charge on any atom is 0.264 e. The summed E-state index contributed by atoms with van der Waals surface area (Å²) in [5.74, 6) is -1.11. The average Bonchev–Trinajstić information content (AvgIpc) is 2.68. The number of carbonyl (C=O) groups excluding carboxylic acids is 1. The van der Waals surface area contributed by atoms with Crippen molar-refractivity contribution in [1.29, 1.82) is 0 Å². The molecule has 1 amide bonds. The molecule has 0 unspecified atom stereocenters. The van der Waals surface area contributed by atoms with E-state index in [0.29, 0.717) is 11.4 Å². The Morgan fingerprint density at radius 1 is 0.828 bits per heavy atom. The van der Waals surface area contributed by atoms with E-state index in [-0.39, 0.29) is 15.6 Å². The Kier molecular flexibility index (Phi) is 6.20. The van der Waals surface area contributed by atoms with Gasteiger partial charge in [0, 0.05) is 16.9 Å². The molecule has 3 N–H and O–H groups in total. The van der Waals surface area contributed by atoms with Gasteiger partial charge in [-0.2, -0.15) is 0 Å². The van der Waals surface area contributed by atoms with Crippen molar-refractivity contribution < 1.29 is 17.6 Å². The monoisotopic (exact) mass is 429 g/mol. The molecule has 0 heterocycles. The fraction of sp³-hybridized carbons (Fsp3) is 0. The average molecular weight is 429 g/mol. The number of nitrogens with one attached hydrogen (secondary N) is 3. The lowest BCUT2D eigenvalue weighted by Crippen LogP contribution is -2.30. The van der Waals surface area contributed by atoms with Gasteiger partial charge in [0.15, 0.2) is 5.11 Å². The summed E-state index contributed by atoms with van der Waals surface area (Å²) in [6.07, 6.45) is 0. The molecule has 148 valence electrons. The highest BCUT2D eigenvalue weighted by Crippen LogP contribution is 2.16. The molecule has 3 aromatic rings. The van der Waals surface area contributed by atoms with E-state index in [1.54, 1.807) is 30.3 Å². The van der Waals surface area contributed by atoms with E-state index in [9.17, 15) is 17.6 Å². The number of carbonyl (C=O) groups is 1. The number of amides is 1. The van der Waals surface area contributed by atoms with Gasteiger partial charge in [0.2, 0.25) is 0 Å². The van der Waals surface area contributed by atoms with Crippen LogP contribution in [-0.2, 0) is 10.0 Å². The molecule has 0 spiro atoms. The zero-order valence-corrected chi connectivity index (χ0v) is 16.6. The topological polar surface area (TPSA) is 87.3 Å². The van der Waals surface area contributed by atoms with E-state index >= 15 is 0 Å². The number of sulfonamides is 1. The molecule has 0 radical (unpaired) electrons. The second-order valence-electron chi connectivity index (χ2n) is 5.91. The van der Waals surface area contributed by atoms with Crippen molar-refractivity contribution in [3.8, 4) is 0 Å². The summed E-state index contributed by atoms with van der Waals surface area (Å²) in [5.41, 5.74) is 1.24. The molecule has 0 aromatic heterocycles. The molecule has 0 aliphatic carbocycles. The molecule has 0 aliphatic heterocycles. The predicted molar refractivity (Wildman–Crippen MR) is 114 cm³/mol. The molecular formula is C20H16FN3O3S2. The Hall–Kier alpha value is -3.30. The molecule has 0 saturated carbocycles. The molecule has 9 heteroatoms. The van der Waals surface area contributed by atoms with Crippen molar-refractivity contribution in [3.05, 3.63) is 90.2 Å². The molecular weight excluding hydrogens is 413 g/mol. The Bertz CT molecular complexity index is 1140. The molecule has 3 rings (SSSR count). The minimum atomic E-state index is -4.02. The first-order valence-electron chi connectivity index (χ1n) is 8.39. The molecule has 29 heavy (non-hydrogen) atoms. The highest BCUT2D eigenvalue weighted by Gasteiger charge is 2.18. The van der Waals surface area contributed by atoms with Crippen LogP contribution in [-0.4, -0.2) is 19.4 Å². The van der Waals surface area contributed by atoms with Crippen molar-refractivity contribution in [1.82, 2.24) is 4.72 Å². The number of hydrogen-bond acceptors (Lipinski definition) is 4. The van der Waals surface area contributed by atoms with Gasteiger partial charge in [-0.15, -0.1) is 0 Å². The van der Waals surface area contributed by atoms with E-state index in [2.05, 4.69) is 10.6 Å². The minimum absolute atomic E-state index is 0.0728. The summed E-state index contributed by atoms with van der Waals surface area (Å²) in [6, 6.07) is 19.5. The number of rotatable bonds is 5. The van der Waals surface area contributed by atoms with Crippen LogP contribution in [0.2, 0.25) is 0 Å². The maximum absolute atomic E-state index is 13.2. The van der Waals surface area contributed by atoms with Crippen LogP contribution in [0.1, 0.15) is 10.4 Å². The largest absolute Gasteiger partial charge is 0.332 e. The van der Waals surface area contributed by atoms with Crippen LogP contribution in [0, 0.1) is 5.82 Å². The highest BCUT2D eigenvalue weighted by molar-refractivity contribution is 7.90. The van der Waals surface area contributed by atoms with Crippen molar-refractivity contribution >= 4 is 44.6 Å². The summed E-state index contributed by atoms with van der Waals surface area (Å²) in [6.45, 7) is 0. The molecule has 0 atom stereocenters. The molecule has 6 nitrogen and oxygen atoms in total. The van der Waals surface area contributed by atoms with E-state index in [0.717, 1.165) is 0 Å². The first-order chi connectivity index (χ1) is 13.8. The summed E-state index contributed by atoms with van der Waals surface area (Å²) < 4.78 is 40.0. The van der Waals surface area contributed by atoms with Crippen molar-refractivity contribution in [2.45, 2.75) is 4.90 Å². The van der Waals surface area contributed by atoms with Gasteiger partial charge >= 0.3 is 0 Å². The molecule has 3 aromatic carbocycles. The zero-order valence-electron chi connectivity index (χ0n) is 14.9. The first-order valence-corrected chi connectivity index (χ1v) is 10.3. The Morgan fingerprint density at radius 3 is 2.14 bits per heavy atom. The molecule has 0 aliphatic rings. The van der Waals surface area contributed by atoms with Crippen LogP contribution in [0.5, 0.6) is 0 Å². The third-order valence-corrected chi connectivity index (χ3v) is 5.32. The standard InChI is InChI=1S/C20H16FN3O3S2/c21-15-7-4-8-17(13-15)23-20(28)22-16-9-11-18(12-10-16)29(26,27)24-19(25)14-5-2-1-3-6-14/h1-13H,(H,24,25)(H2,22,23,28). The molecule has 0 fully saturated rings. The Labute approximate surface area is 172 Å². The predicted octanol–water partition coefficient (Wildman–Crippen LogP) is 3.75. The lowest BCUT2D eigenvalue weighted by Gasteiger charge is -2.11. The zero-order chi connectivity index (χ0) is 20.9. The third-order valence-electron chi connectivity index (χ3n) is 3.77. The second kappa shape index (κ2) is 8.80. The maximum atomic E-state index is 13.2. The van der Waals surface area contributed by atoms with Crippen LogP contribution in [0.4, 0.5) is 15.8 Å². The SMILES string of the molecule is O=C(NS(=O)(=O)c1ccc(NC(=S)Nc2cccc(F)c2)cc1)c1ccccc1. The third kappa shape index (κ3) is 5.59. The van der Waals surface area contributed by atoms with E-state index in [4.69, 9.17) is 12.2 Å². The van der Waals surface area contributed by atoms with Gasteiger partial charge in [-0.05, 0) is 66.8 Å².